The highest BCUT2D eigenvalue weighted by Crippen LogP contribution is 2.29. The van der Waals surface area contributed by atoms with E-state index in [1.807, 2.05) is 12.1 Å². The number of fused-ring (bicyclic) bond motifs is 1. The van der Waals surface area contributed by atoms with Gasteiger partial charge in [-0.3, -0.25) is 4.90 Å². The minimum absolute atomic E-state index is 0.264. The molecule has 2 aromatic carbocycles. The minimum atomic E-state index is -0.264. The summed E-state index contributed by atoms with van der Waals surface area (Å²) in [7, 11) is 0. The lowest BCUT2D eigenvalue weighted by Gasteiger charge is -2.30. The Kier molecular flexibility index (Phi) is 5.61. The Balaban J connectivity index is 1.27. The van der Waals surface area contributed by atoms with E-state index >= 15 is 0 Å². The maximum absolute atomic E-state index is 13.1. The van der Waals surface area contributed by atoms with Crippen LogP contribution in [0.15, 0.2) is 54.6 Å². The predicted octanol–water partition coefficient (Wildman–Crippen LogP) is 5.87. The zero-order chi connectivity index (χ0) is 21.2. The van der Waals surface area contributed by atoms with Gasteiger partial charge < -0.3 is 5.32 Å². The summed E-state index contributed by atoms with van der Waals surface area (Å²) in [6, 6.07) is 16.5. The molecule has 5 nitrogen and oxygen atoms in total. The van der Waals surface area contributed by atoms with Crippen LogP contribution >= 0.6 is 11.3 Å². The van der Waals surface area contributed by atoms with Crippen LogP contribution < -0.4 is 5.32 Å². The van der Waals surface area contributed by atoms with E-state index in [0.29, 0.717) is 11.5 Å². The second-order valence-electron chi connectivity index (χ2n) is 8.22. The molecule has 1 N–H and O–H groups in total. The largest absolute Gasteiger partial charge is 0.315 e. The Hall–Kier alpha value is -2.90. The summed E-state index contributed by atoms with van der Waals surface area (Å²) < 4.78 is 14.3. The first kappa shape index (κ1) is 20.0. The van der Waals surface area contributed by atoms with Gasteiger partial charge in [0.1, 0.15) is 5.82 Å². The van der Waals surface area contributed by atoms with Gasteiger partial charge in [0.25, 0.3) is 0 Å². The summed E-state index contributed by atoms with van der Waals surface area (Å²) in [6.45, 7) is 5.71. The highest BCUT2D eigenvalue weighted by atomic mass is 32.1. The summed E-state index contributed by atoms with van der Waals surface area (Å²) >= 11 is 1.62. The molecule has 0 saturated carbocycles. The monoisotopic (exact) mass is 433 g/mol. The van der Waals surface area contributed by atoms with Crippen molar-refractivity contribution in [3.63, 3.8) is 0 Å². The van der Waals surface area contributed by atoms with Crippen LogP contribution in [-0.2, 0) is 6.54 Å². The van der Waals surface area contributed by atoms with E-state index in [2.05, 4.69) is 50.5 Å². The number of anilines is 2. The van der Waals surface area contributed by atoms with Crippen LogP contribution in [0.4, 0.5) is 15.3 Å². The fraction of sp³-hybridized carbons (Fsp3) is 0.292. The zero-order valence-corrected chi connectivity index (χ0v) is 18.2. The van der Waals surface area contributed by atoms with Crippen molar-refractivity contribution >= 4 is 32.5 Å². The maximum Gasteiger partial charge on any atom is 0.189 e. The van der Waals surface area contributed by atoms with Gasteiger partial charge in [-0.2, -0.15) is 0 Å². The first-order valence-electron chi connectivity index (χ1n) is 10.6. The van der Waals surface area contributed by atoms with Crippen molar-refractivity contribution in [2.24, 2.45) is 5.92 Å². The number of halogens is 1. The average Bonchev–Trinajstić information content (AvgIpc) is 3.18. The van der Waals surface area contributed by atoms with Crippen LogP contribution in [0.3, 0.4) is 0 Å². The zero-order valence-electron chi connectivity index (χ0n) is 17.4. The number of likely N-dealkylation sites (tertiary alicyclic amines) is 1. The SMILES string of the molecule is CC1CCN(Cc2ccc3nc(Nc4ccc(-c5ccc(F)cc5)nn4)sc3c2)CC1. The van der Waals surface area contributed by atoms with Crippen LogP contribution in [0.5, 0.6) is 0 Å². The Morgan fingerprint density at radius 3 is 2.58 bits per heavy atom. The van der Waals surface area contributed by atoms with Gasteiger partial charge in [-0.05, 0) is 85.9 Å². The van der Waals surface area contributed by atoms with Gasteiger partial charge >= 0.3 is 0 Å². The van der Waals surface area contributed by atoms with Crippen molar-refractivity contribution in [2.45, 2.75) is 26.3 Å². The Bertz CT molecular complexity index is 1170. The molecule has 2 aromatic heterocycles. The lowest BCUT2D eigenvalue weighted by Crippen LogP contribution is -2.32. The van der Waals surface area contributed by atoms with Gasteiger partial charge in [-0.1, -0.05) is 24.3 Å². The molecule has 0 bridgehead atoms. The van der Waals surface area contributed by atoms with E-state index in [1.54, 1.807) is 23.5 Å². The molecule has 158 valence electrons. The predicted molar refractivity (Wildman–Crippen MR) is 124 cm³/mol. The van der Waals surface area contributed by atoms with E-state index in [1.165, 1.54) is 48.3 Å². The van der Waals surface area contributed by atoms with E-state index in [4.69, 9.17) is 0 Å². The topological polar surface area (TPSA) is 53.9 Å². The van der Waals surface area contributed by atoms with Crippen molar-refractivity contribution in [1.82, 2.24) is 20.1 Å². The van der Waals surface area contributed by atoms with Crippen LogP contribution in [0.2, 0.25) is 0 Å². The van der Waals surface area contributed by atoms with Gasteiger partial charge in [0.05, 0.1) is 15.9 Å². The normalized spacial score (nSPS) is 15.4. The first-order valence-corrected chi connectivity index (χ1v) is 11.4. The third-order valence-electron chi connectivity index (χ3n) is 5.77. The Morgan fingerprint density at radius 2 is 1.84 bits per heavy atom. The molecule has 7 heteroatoms. The van der Waals surface area contributed by atoms with Gasteiger partial charge in [-0.25, -0.2) is 9.37 Å². The van der Waals surface area contributed by atoms with E-state index in [-0.39, 0.29) is 5.82 Å². The molecular weight excluding hydrogens is 409 g/mol. The fourth-order valence-corrected chi connectivity index (χ4v) is 4.82. The summed E-state index contributed by atoms with van der Waals surface area (Å²) in [4.78, 5) is 7.22. The molecule has 1 aliphatic heterocycles. The summed E-state index contributed by atoms with van der Waals surface area (Å²) in [6.07, 6.45) is 2.58. The molecule has 0 aliphatic carbocycles. The van der Waals surface area contributed by atoms with E-state index in [0.717, 1.165) is 28.7 Å². The number of thiazole rings is 1. The number of nitrogens with zero attached hydrogens (tertiary/aromatic N) is 4. The van der Waals surface area contributed by atoms with Crippen molar-refractivity contribution in [3.05, 3.63) is 66.0 Å². The van der Waals surface area contributed by atoms with Gasteiger partial charge in [0.15, 0.2) is 10.9 Å². The highest BCUT2D eigenvalue weighted by Gasteiger charge is 2.16. The molecule has 31 heavy (non-hydrogen) atoms. The standard InChI is InChI=1S/C24H24FN5S/c1-16-10-12-30(13-11-16)15-17-2-7-21-22(14-17)31-24(26-21)27-23-9-8-20(28-29-23)18-3-5-19(25)6-4-18/h2-9,14,16H,10-13,15H2,1H3,(H,26,27,29). The van der Waals surface area contributed by atoms with Gasteiger partial charge in [0.2, 0.25) is 0 Å². The van der Waals surface area contributed by atoms with Gasteiger partial charge in [0, 0.05) is 12.1 Å². The Morgan fingerprint density at radius 1 is 1.03 bits per heavy atom. The van der Waals surface area contributed by atoms with Crippen molar-refractivity contribution < 1.29 is 4.39 Å². The second-order valence-corrected chi connectivity index (χ2v) is 9.25. The minimum Gasteiger partial charge on any atom is -0.315 e. The number of aromatic nitrogens is 3. The third kappa shape index (κ3) is 4.73. The van der Waals surface area contributed by atoms with Crippen LogP contribution in [0.25, 0.3) is 21.5 Å². The smallest absolute Gasteiger partial charge is 0.189 e. The summed E-state index contributed by atoms with van der Waals surface area (Å²) in [5.74, 6) is 1.22. The van der Waals surface area contributed by atoms with Crippen LogP contribution in [-0.4, -0.2) is 33.2 Å². The van der Waals surface area contributed by atoms with E-state index in [9.17, 15) is 4.39 Å². The highest BCUT2D eigenvalue weighted by molar-refractivity contribution is 7.22. The molecule has 1 fully saturated rings. The molecule has 0 atom stereocenters. The quantitative estimate of drug-likeness (QED) is 0.427. The molecule has 1 saturated heterocycles. The number of nitrogens with one attached hydrogen (secondary N) is 1. The molecule has 3 heterocycles. The lowest BCUT2D eigenvalue weighted by molar-refractivity contribution is 0.185. The van der Waals surface area contributed by atoms with Crippen molar-refractivity contribution in [3.8, 4) is 11.3 Å². The molecule has 5 rings (SSSR count). The number of piperidine rings is 1. The summed E-state index contributed by atoms with van der Waals surface area (Å²) in [5.41, 5.74) is 3.85. The number of rotatable bonds is 5. The molecule has 0 unspecified atom stereocenters. The Labute approximate surface area is 185 Å². The molecule has 0 radical (unpaired) electrons. The van der Waals surface area contributed by atoms with Crippen LogP contribution in [0.1, 0.15) is 25.3 Å². The second kappa shape index (κ2) is 8.69. The lowest BCUT2D eigenvalue weighted by atomic mass is 9.99. The van der Waals surface area contributed by atoms with E-state index < -0.39 is 0 Å². The molecule has 4 aromatic rings. The maximum atomic E-state index is 13.1. The number of benzene rings is 2. The van der Waals surface area contributed by atoms with Gasteiger partial charge in [-0.15, -0.1) is 10.2 Å². The average molecular weight is 434 g/mol. The molecular formula is C24H24FN5S. The van der Waals surface area contributed by atoms with Crippen LogP contribution in [0, 0.1) is 11.7 Å². The van der Waals surface area contributed by atoms with Crippen molar-refractivity contribution in [1.29, 1.82) is 0 Å². The molecule has 0 spiro atoms. The van der Waals surface area contributed by atoms with Crippen molar-refractivity contribution in [2.75, 3.05) is 18.4 Å². The number of hydrogen-bond acceptors (Lipinski definition) is 6. The summed E-state index contributed by atoms with van der Waals surface area (Å²) in [5, 5.41) is 12.5. The third-order valence-corrected chi connectivity index (χ3v) is 6.71. The first-order chi connectivity index (χ1) is 15.1. The fourth-order valence-electron chi connectivity index (χ4n) is 3.88. The molecule has 1 aliphatic rings. The number of hydrogen-bond donors (Lipinski definition) is 1. The molecule has 0 amide bonds.